The Kier molecular flexibility index (Phi) is 4.66. The largest absolute Gasteiger partial charge is 0.433 e. The van der Waals surface area contributed by atoms with Crippen LogP contribution in [0.5, 0.6) is 0 Å². The smallest absolute Gasteiger partial charge is 0.344 e. The molecule has 0 aliphatic heterocycles. The van der Waals surface area contributed by atoms with E-state index in [1.807, 2.05) is 20.0 Å². The van der Waals surface area contributed by atoms with E-state index < -0.39 is 17.8 Å². The number of carbonyl (C=O) groups is 1. The average molecular weight is 380 g/mol. The number of aryl methyl sites for hydroxylation is 3. The maximum Gasteiger partial charge on any atom is 0.433 e. The van der Waals surface area contributed by atoms with Crippen LogP contribution in [0, 0.1) is 13.8 Å². The number of carbonyl (C=O) groups excluding carboxylic acids is 1. The standard InChI is InChI=1S/C17H19F3N6O/c1-5-25-8-12(11(4)23-25)10(3)22-16(27)13-7-15-21-9(2)6-14(17(18,19)20)26(15)24-13/h6-8,10H,5H2,1-4H3,(H,22,27). The molecule has 1 N–H and O–H groups in total. The first kappa shape index (κ1) is 18.9. The molecule has 3 heterocycles. The van der Waals surface area contributed by atoms with Gasteiger partial charge in [0.05, 0.1) is 11.7 Å². The number of fused-ring (bicyclic) bond motifs is 1. The van der Waals surface area contributed by atoms with E-state index in [9.17, 15) is 18.0 Å². The highest BCUT2D eigenvalue weighted by Crippen LogP contribution is 2.30. The Morgan fingerprint density at radius 2 is 1.96 bits per heavy atom. The SMILES string of the molecule is CCn1cc(C(C)NC(=O)c2cc3nc(C)cc(C(F)(F)F)n3n2)c(C)n1. The zero-order valence-corrected chi connectivity index (χ0v) is 15.3. The number of alkyl halides is 3. The number of amides is 1. The molecule has 0 aliphatic rings. The Morgan fingerprint density at radius 1 is 1.26 bits per heavy atom. The minimum absolute atomic E-state index is 0.0323. The summed E-state index contributed by atoms with van der Waals surface area (Å²) in [7, 11) is 0. The Labute approximate surface area is 153 Å². The molecule has 7 nitrogen and oxygen atoms in total. The third kappa shape index (κ3) is 3.64. The fraction of sp³-hybridized carbons (Fsp3) is 0.412. The molecule has 3 rings (SSSR count). The van der Waals surface area contributed by atoms with E-state index >= 15 is 0 Å². The molecule has 0 saturated carbocycles. The van der Waals surface area contributed by atoms with Crippen molar-refractivity contribution >= 4 is 11.6 Å². The molecule has 1 amide bonds. The molecule has 144 valence electrons. The van der Waals surface area contributed by atoms with Gasteiger partial charge >= 0.3 is 6.18 Å². The van der Waals surface area contributed by atoms with Crippen molar-refractivity contribution < 1.29 is 18.0 Å². The van der Waals surface area contributed by atoms with Gasteiger partial charge in [0.25, 0.3) is 5.91 Å². The van der Waals surface area contributed by atoms with E-state index in [2.05, 4.69) is 20.5 Å². The lowest BCUT2D eigenvalue weighted by Gasteiger charge is -2.12. The summed E-state index contributed by atoms with van der Waals surface area (Å²) in [6, 6.07) is 1.76. The molecule has 0 bridgehead atoms. The van der Waals surface area contributed by atoms with Crippen molar-refractivity contribution in [2.75, 3.05) is 0 Å². The first-order valence-electron chi connectivity index (χ1n) is 8.39. The van der Waals surface area contributed by atoms with Gasteiger partial charge in [0.15, 0.2) is 11.3 Å². The van der Waals surface area contributed by atoms with Crippen molar-refractivity contribution in [2.24, 2.45) is 0 Å². The molecule has 3 aromatic rings. The number of aromatic nitrogens is 5. The van der Waals surface area contributed by atoms with Crippen molar-refractivity contribution in [2.45, 2.75) is 46.5 Å². The Bertz CT molecular complexity index is 1000. The molecular formula is C17H19F3N6O. The van der Waals surface area contributed by atoms with Crippen molar-refractivity contribution in [3.63, 3.8) is 0 Å². The molecule has 27 heavy (non-hydrogen) atoms. The maximum absolute atomic E-state index is 13.2. The summed E-state index contributed by atoms with van der Waals surface area (Å²) in [5, 5.41) is 10.9. The van der Waals surface area contributed by atoms with E-state index in [-0.39, 0.29) is 23.1 Å². The zero-order valence-electron chi connectivity index (χ0n) is 15.3. The van der Waals surface area contributed by atoms with Gasteiger partial charge in [-0.3, -0.25) is 9.48 Å². The second-order valence-electron chi connectivity index (χ2n) is 6.30. The van der Waals surface area contributed by atoms with Crippen LogP contribution in [0.3, 0.4) is 0 Å². The van der Waals surface area contributed by atoms with Crippen molar-refractivity contribution in [3.8, 4) is 0 Å². The molecule has 1 unspecified atom stereocenters. The van der Waals surface area contributed by atoms with Crippen LogP contribution in [0.25, 0.3) is 5.65 Å². The summed E-state index contributed by atoms with van der Waals surface area (Å²) in [6.07, 6.45) is -2.78. The normalized spacial score (nSPS) is 13.1. The van der Waals surface area contributed by atoms with E-state index in [0.717, 1.165) is 17.3 Å². The van der Waals surface area contributed by atoms with Crippen LogP contribution in [0.2, 0.25) is 0 Å². The van der Waals surface area contributed by atoms with Gasteiger partial charge in [-0.25, -0.2) is 9.50 Å². The summed E-state index contributed by atoms with van der Waals surface area (Å²) in [6.45, 7) is 7.71. The topological polar surface area (TPSA) is 77.1 Å². The summed E-state index contributed by atoms with van der Waals surface area (Å²) < 4.78 is 42.1. The fourth-order valence-corrected chi connectivity index (χ4v) is 2.88. The lowest BCUT2D eigenvalue weighted by molar-refractivity contribution is -0.142. The molecule has 0 spiro atoms. The van der Waals surface area contributed by atoms with Crippen molar-refractivity contribution in [1.82, 2.24) is 29.7 Å². The summed E-state index contributed by atoms with van der Waals surface area (Å²) >= 11 is 0. The minimum Gasteiger partial charge on any atom is -0.344 e. The van der Waals surface area contributed by atoms with Crippen LogP contribution in [0.4, 0.5) is 13.2 Å². The predicted molar refractivity (Wildman–Crippen MR) is 91.2 cm³/mol. The van der Waals surface area contributed by atoms with Gasteiger partial charge in [-0.1, -0.05) is 0 Å². The number of nitrogens with zero attached hydrogens (tertiary/aromatic N) is 5. The second-order valence-corrected chi connectivity index (χ2v) is 6.30. The number of hydrogen-bond acceptors (Lipinski definition) is 4. The molecule has 0 radical (unpaired) electrons. The predicted octanol–water partition coefficient (Wildman–Crippen LogP) is 3.07. The van der Waals surface area contributed by atoms with Crippen LogP contribution >= 0.6 is 0 Å². The van der Waals surface area contributed by atoms with Crippen molar-refractivity contribution in [1.29, 1.82) is 0 Å². The van der Waals surface area contributed by atoms with Gasteiger partial charge in [0, 0.05) is 30.1 Å². The Morgan fingerprint density at radius 3 is 2.56 bits per heavy atom. The highest BCUT2D eigenvalue weighted by molar-refractivity contribution is 5.93. The van der Waals surface area contributed by atoms with Gasteiger partial charge in [-0.15, -0.1) is 0 Å². The first-order chi connectivity index (χ1) is 12.6. The third-order valence-corrected chi connectivity index (χ3v) is 4.20. The quantitative estimate of drug-likeness (QED) is 0.755. The van der Waals surface area contributed by atoms with E-state index in [1.165, 1.54) is 13.0 Å². The zero-order chi connectivity index (χ0) is 19.9. The molecule has 3 aromatic heterocycles. The molecule has 10 heteroatoms. The van der Waals surface area contributed by atoms with E-state index in [4.69, 9.17) is 0 Å². The Hall–Kier alpha value is -2.91. The Balaban J connectivity index is 1.91. The van der Waals surface area contributed by atoms with Crippen LogP contribution in [0.15, 0.2) is 18.3 Å². The summed E-state index contributed by atoms with van der Waals surface area (Å²) in [5.74, 6) is -0.581. The molecule has 0 aromatic carbocycles. The lowest BCUT2D eigenvalue weighted by Crippen LogP contribution is -2.27. The van der Waals surface area contributed by atoms with Crippen LogP contribution in [-0.4, -0.2) is 30.3 Å². The number of rotatable bonds is 4. The van der Waals surface area contributed by atoms with Gasteiger partial charge in [0.2, 0.25) is 0 Å². The van der Waals surface area contributed by atoms with Gasteiger partial charge in [-0.05, 0) is 33.8 Å². The summed E-state index contributed by atoms with van der Waals surface area (Å²) in [4.78, 5) is 16.5. The summed E-state index contributed by atoms with van der Waals surface area (Å²) in [5.41, 5.74) is 0.658. The number of nitrogens with one attached hydrogen (secondary N) is 1. The molecular weight excluding hydrogens is 361 g/mol. The highest BCUT2D eigenvalue weighted by Gasteiger charge is 2.35. The number of hydrogen-bond donors (Lipinski definition) is 1. The van der Waals surface area contributed by atoms with Gasteiger partial charge in [-0.2, -0.15) is 23.4 Å². The average Bonchev–Trinajstić information content (AvgIpc) is 3.16. The molecule has 1 atom stereocenters. The first-order valence-corrected chi connectivity index (χ1v) is 8.39. The minimum atomic E-state index is -4.61. The highest BCUT2D eigenvalue weighted by atomic mass is 19.4. The van der Waals surface area contributed by atoms with Crippen LogP contribution < -0.4 is 5.32 Å². The molecule has 0 saturated heterocycles. The van der Waals surface area contributed by atoms with Crippen LogP contribution in [-0.2, 0) is 12.7 Å². The molecule has 0 fully saturated rings. The van der Waals surface area contributed by atoms with Gasteiger partial charge in [0.1, 0.15) is 5.69 Å². The van der Waals surface area contributed by atoms with E-state index in [1.54, 1.807) is 11.6 Å². The molecule has 0 aliphatic carbocycles. The van der Waals surface area contributed by atoms with E-state index in [0.29, 0.717) is 11.1 Å². The monoisotopic (exact) mass is 380 g/mol. The van der Waals surface area contributed by atoms with Gasteiger partial charge < -0.3 is 5.32 Å². The number of halogens is 3. The maximum atomic E-state index is 13.2. The van der Waals surface area contributed by atoms with Crippen LogP contribution in [0.1, 0.15) is 53.0 Å². The fourth-order valence-electron chi connectivity index (χ4n) is 2.88. The lowest BCUT2D eigenvalue weighted by atomic mass is 10.1. The third-order valence-electron chi connectivity index (χ3n) is 4.20. The van der Waals surface area contributed by atoms with Crippen molar-refractivity contribution in [3.05, 3.63) is 46.7 Å². The second kappa shape index (κ2) is 6.67.